The van der Waals surface area contributed by atoms with Gasteiger partial charge in [0.15, 0.2) is 5.16 Å². The fourth-order valence-electron chi connectivity index (χ4n) is 4.57. The second-order valence-corrected chi connectivity index (χ2v) is 10.6. The topological polar surface area (TPSA) is 67.2 Å². The van der Waals surface area contributed by atoms with E-state index < -0.39 is 0 Å². The number of thioether (sulfide) groups is 1. The highest BCUT2D eigenvalue weighted by atomic mass is 32.2. The summed E-state index contributed by atoms with van der Waals surface area (Å²) in [5.74, 6) is 0.0406. The predicted octanol–water partition coefficient (Wildman–Crippen LogP) is 4.32. The van der Waals surface area contributed by atoms with Gasteiger partial charge < -0.3 is 10.2 Å². The summed E-state index contributed by atoms with van der Waals surface area (Å²) in [6.45, 7) is 9.16. The first kappa shape index (κ1) is 26.5. The minimum atomic E-state index is -0.253. The molecule has 1 aromatic carbocycles. The zero-order chi connectivity index (χ0) is 24.5. The number of aromatic nitrogens is 2. The molecule has 2 heterocycles. The molecule has 2 unspecified atom stereocenters. The average Bonchev–Trinajstić information content (AvgIpc) is 2.84. The maximum Gasteiger partial charge on any atom is 0.257 e. The van der Waals surface area contributed by atoms with Gasteiger partial charge in [-0.2, -0.15) is 0 Å². The van der Waals surface area contributed by atoms with Crippen LogP contribution in [0, 0.1) is 6.92 Å². The van der Waals surface area contributed by atoms with Crippen molar-refractivity contribution >= 4 is 17.7 Å². The number of hydrogen-bond acceptors (Lipinski definition) is 5. The van der Waals surface area contributed by atoms with Crippen LogP contribution >= 0.6 is 11.8 Å². The van der Waals surface area contributed by atoms with Crippen LogP contribution in [-0.4, -0.2) is 51.3 Å². The molecule has 1 aliphatic rings. The summed E-state index contributed by atoms with van der Waals surface area (Å²) in [6, 6.07) is 10.6. The number of rotatable bonds is 11. The number of aryl methyl sites for hydroxylation is 1. The van der Waals surface area contributed by atoms with Crippen molar-refractivity contribution in [1.82, 2.24) is 19.8 Å². The second-order valence-electron chi connectivity index (χ2n) is 9.41. The van der Waals surface area contributed by atoms with Crippen LogP contribution in [0.1, 0.15) is 69.2 Å². The maximum atomic E-state index is 13.1. The van der Waals surface area contributed by atoms with Crippen LogP contribution in [0.3, 0.4) is 0 Å². The smallest absolute Gasteiger partial charge is 0.257 e. The van der Waals surface area contributed by atoms with E-state index in [0.717, 1.165) is 37.1 Å². The van der Waals surface area contributed by atoms with Crippen molar-refractivity contribution in [2.75, 3.05) is 19.6 Å². The largest absolute Gasteiger partial charge is 0.355 e. The molecule has 1 fully saturated rings. The lowest BCUT2D eigenvalue weighted by Crippen LogP contribution is -2.40. The van der Waals surface area contributed by atoms with E-state index in [1.807, 2.05) is 37.3 Å². The highest BCUT2D eigenvalue weighted by molar-refractivity contribution is 8.00. The van der Waals surface area contributed by atoms with E-state index in [9.17, 15) is 9.59 Å². The molecule has 1 aromatic heterocycles. The van der Waals surface area contributed by atoms with Crippen molar-refractivity contribution in [3.05, 3.63) is 57.5 Å². The van der Waals surface area contributed by atoms with Crippen molar-refractivity contribution in [2.24, 2.45) is 7.05 Å². The molecule has 1 aliphatic heterocycles. The number of piperidine rings is 1. The van der Waals surface area contributed by atoms with E-state index in [2.05, 4.69) is 24.1 Å². The van der Waals surface area contributed by atoms with Crippen LogP contribution in [0.15, 0.2) is 40.3 Å². The van der Waals surface area contributed by atoms with Gasteiger partial charge in [-0.1, -0.05) is 61.9 Å². The van der Waals surface area contributed by atoms with Gasteiger partial charge in [-0.25, -0.2) is 4.98 Å². The Labute approximate surface area is 208 Å². The molecule has 7 heteroatoms. The quantitative estimate of drug-likeness (QED) is 0.292. The molecule has 3 rings (SSSR count). The number of benzene rings is 1. The van der Waals surface area contributed by atoms with E-state index in [1.165, 1.54) is 37.6 Å². The van der Waals surface area contributed by atoms with Crippen molar-refractivity contribution < 1.29 is 4.79 Å². The SMILES string of the molecule is CCCC(Sc1nc(C)c(Cc2ccccc2)c(=O)n1C)C(=O)NCCCN1CCCCC1C. The lowest BCUT2D eigenvalue weighted by Gasteiger charge is -2.33. The van der Waals surface area contributed by atoms with Crippen molar-refractivity contribution in [2.45, 2.75) is 82.2 Å². The van der Waals surface area contributed by atoms with Crippen LogP contribution in [-0.2, 0) is 18.3 Å². The minimum absolute atomic E-state index is 0.0369. The molecule has 0 radical (unpaired) electrons. The molecule has 1 amide bonds. The van der Waals surface area contributed by atoms with Crippen LogP contribution in [0.25, 0.3) is 0 Å². The number of hydrogen-bond donors (Lipinski definition) is 1. The number of nitrogens with one attached hydrogen (secondary N) is 1. The third-order valence-corrected chi connectivity index (χ3v) is 8.04. The molecule has 0 saturated carbocycles. The molecule has 2 aromatic rings. The summed E-state index contributed by atoms with van der Waals surface area (Å²) < 4.78 is 1.60. The molecule has 2 atom stereocenters. The van der Waals surface area contributed by atoms with Crippen LogP contribution in [0.5, 0.6) is 0 Å². The van der Waals surface area contributed by atoms with Gasteiger partial charge in [0, 0.05) is 43.9 Å². The van der Waals surface area contributed by atoms with Gasteiger partial charge in [0.25, 0.3) is 5.56 Å². The van der Waals surface area contributed by atoms with E-state index in [-0.39, 0.29) is 16.7 Å². The Hall–Kier alpha value is -2.12. The maximum absolute atomic E-state index is 13.1. The van der Waals surface area contributed by atoms with E-state index in [4.69, 9.17) is 4.98 Å². The van der Waals surface area contributed by atoms with E-state index in [1.54, 1.807) is 11.6 Å². The third kappa shape index (κ3) is 7.19. The number of carbonyl (C=O) groups is 1. The second kappa shape index (κ2) is 13.1. The molecule has 0 aliphatic carbocycles. The van der Waals surface area contributed by atoms with E-state index >= 15 is 0 Å². The molecular weight excluding hydrogens is 444 g/mol. The summed E-state index contributed by atoms with van der Waals surface area (Å²) in [5.41, 5.74) is 2.50. The summed E-state index contributed by atoms with van der Waals surface area (Å²) in [6.07, 6.45) is 7.05. The highest BCUT2D eigenvalue weighted by Crippen LogP contribution is 2.25. The molecule has 6 nitrogen and oxygen atoms in total. The van der Waals surface area contributed by atoms with Gasteiger partial charge in [0.2, 0.25) is 5.91 Å². The van der Waals surface area contributed by atoms with Crippen molar-refractivity contribution in [3.63, 3.8) is 0 Å². The van der Waals surface area contributed by atoms with Gasteiger partial charge in [0.1, 0.15) is 0 Å². The summed E-state index contributed by atoms with van der Waals surface area (Å²) >= 11 is 1.41. The number of likely N-dealkylation sites (tertiary alicyclic amines) is 1. The fraction of sp³-hybridized carbons (Fsp3) is 0.593. The standard InChI is InChI=1S/C27H40N4O2S/c1-5-12-24(25(32)28-16-11-18-31-17-10-9-13-20(31)2)34-27-29-21(3)23(26(33)30(27)4)19-22-14-7-6-8-15-22/h6-8,14-15,20,24H,5,9-13,16-19H2,1-4H3,(H,28,32). The van der Waals surface area contributed by atoms with Crippen LogP contribution in [0.2, 0.25) is 0 Å². The molecule has 34 heavy (non-hydrogen) atoms. The van der Waals surface area contributed by atoms with Gasteiger partial charge >= 0.3 is 0 Å². The molecule has 0 bridgehead atoms. The highest BCUT2D eigenvalue weighted by Gasteiger charge is 2.23. The van der Waals surface area contributed by atoms with Gasteiger partial charge in [-0.3, -0.25) is 14.2 Å². The molecule has 1 N–H and O–H groups in total. The molecular formula is C27H40N4O2S. The number of amides is 1. The summed E-state index contributed by atoms with van der Waals surface area (Å²) in [7, 11) is 1.76. The average molecular weight is 485 g/mol. The zero-order valence-corrected chi connectivity index (χ0v) is 22.0. The normalized spacial score (nSPS) is 17.5. The predicted molar refractivity (Wildman–Crippen MR) is 141 cm³/mol. The first-order valence-corrected chi connectivity index (χ1v) is 13.6. The Morgan fingerprint density at radius 1 is 1.26 bits per heavy atom. The summed E-state index contributed by atoms with van der Waals surface area (Å²) in [5, 5.41) is 3.49. The first-order chi connectivity index (χ1) is 16.4. The van der Waals surface area contributed by atoms with Crippen molar-refractivity contribution in [3.8, 4) is 0 Å². The van der Waals surface area contributed by atoms with Crippen LogP contribution < -0.4 is 10.9 Å². The van der Waals surface area contributed by atoms with Crippen LogP contribution in [0.4, 0.5) is 0 Å². The lowest BCUT2D eigenvalue weighted by atomic mass is 10.0. The van der Waals surface area contributed by atoms with Gasteiger partial charge in [0.05, 0.1) is 5.25 Å². The fourth-order valence-corrected chi connectivity index (χ4v) is 5.80. The lowest BCUT2D eigenvalue weighted by molar-refractivity contribution is -0.120. The number of nitrogens with zero attached hydrogens (tertiary/aromatic N) is 3. The Morgan fingerprint density at radius 2 is 2.03 bits per heavy atom. The monoisotopic (exact) mass is 484 g/mol. The number of carbonyl (C=O) groups excluding carboxylic acids is 1. The third-order valence-electron chi connectivity index (χ3n) is 6.73. The van der Waals surface area contributed by atoms with Gasteiger partial charge in [-0.05, 0) is 51.6 Å². The minimum Gasteiger partial charge on any atom is -0.355 e. The van der Waals surface area contributed by atoms with Gasteiger partial charge in [-0.15, -0.1) is 0 Å². The Morgan fingerprint density at radius 3 is 2.74 bits per heavy atom. The Bertz CT molecular complexity index is 992. The first-order valence-electron chi connectivity index (χ1n) is 12.7. The Balaban J connectivity index is 1.61. The molecule has 186 valence electrons. The van der Waals surface area contributed by atoms with Crippen molar-refractivity contribution in [1.29, 1.82) is 0 Å². The van der Waals surface area contributed by atoms with E-state index in [0.29, 0.717) is 29.7 Å². The Kier molecular flexibility index (Phi) is 10.2. The molecule has 0 spiro atoms. The molecule has 1 saturated heterocycles. The zero-order valence-electron chi connectivity index (χ0n) is 21.2. The summed E-state index contributed by atoms with van der Waals surface area (Å²) in [4.78, 5) is 33.4.